The van der Waals surface area contributed by atoms with Gasteiger partial charge in [-0.15, -0.1) is 12.6 Å². The molecule has 0 amide bonds. The van der Waals surface area contributed by atoms with Gasteiger partial charge in [0.15, 0.2) is 0 Å². The van der Waals surface area contributed by atoms with Crippen molar-refractivity contribution in [3.8, 4) is 0 Å². The molecule has 12 heavy (non-hydrogen) atoms. The standard InChI is InChI=1S/C7H14O4S/c1-3-5(9)6(10)4(2-8)11-7(3)12/h3-10,12H,2H2,1H3. The Morgan fingerprint density at radius 2 is 1.92 bits per heavy atom. The highest BCUT2D eigenvalue weighted by Crippen LogP contribution is 2.27. The van der Waals surface area contributed by atoms with Gasteiger partial charge in [0.25, 0.3) is 0 Å². The monoisotopic (exact) mass is 194 g/mol. The van der Waals surface area contributed by atoms with Gasteiger partial charge in [0.2, 0.25) is 0 Å². The number of hydrogen-bond donors (Lipinski definition) is 4. The van der Waals surface area contributed by atoms with Crippen molar-refractivity contribution in [2.45, 2.75) is 30.7 Å². The maximum atomic E-state index is 9.43. The molecule has 4 nitrogen and oxygen atoms in total. The molecule has 3 N–H and O–H groups in total. The first-order valence-corrected chi connectivity index (χ1v) is 4.40. The average molecular weight is 194 g/mol. The molecule has 1 saturated heterocycles. The molecule has 5 heteroatoms. The first kappa shape index (κ1) is 10.3. The summed E-state index contributed by atoms with van der Waals surface area (Å²) in [4.78, 5) is 0. The van der Waals surface area contributed by atoms with Crippen molar-refractivity contribution in [1.29, 1.82) is 0 Å². The molecule has 0 aliphatic carbocycles. The second-order valence-electron chi connectivity index (χ2n) is 3.09. The van der Waals surface area contributed by atoms with Crippen molar-refractivity contribution in [2.24, 2.45) is 5.92 Å². The summed E-state index contributed by atoms with van der Waals surface area (Å²) in [5.74, 6) is -0.230. The predicted octanol–water partition coefficient (Wildman–Crippen LogP) is -1.01. The fourth-order valence-electron chi connectivity index (χ4n) is 1.23. The Labute approximate surface area is 76.6 Å². The summed E-state index contributed by atoms with van der Waals surface area (Å²) in [7, 11) is 0. The van der Waals surface area contributed by atoms with Gasteiger partial charge in [0.05, 0.1) is 12.7 Å². The Hall–Kier alpha value is 0.190. The molecular formula is C7H14O4S. The Morgan fingerprint density at radius 1 is 1.33 bits per heavy atom. The molecule has 0 aromatic heterocycles. The molecule has 5 atom stereocenters. The van der Waals surface area contributed by atoms with Crippen LogP contribution in [0, 0.1) is 5.92 Å². The quantitative estimate of drug-likeness (QED) is 0.404. The third-order valence-electron chi connectivity index (χ3n) is 2.21. The summed E-state index contributed by atoms with van der Waals surface area (Å²) >= 11 is 4.06. The number of aliphatic hydroxyl groups excluding tert-OH is 3. The number of rotatable bonds is 1. The van der Waals surface area contributed by atoms with Crippen LogP contribution in [0.5, 0.6) is 0 Å². The summed E-state index contributed by atoms with van der Waals surface area (Å²) in [5.41, 5.74) is -0.430. The maximum absolute atomic E-state index is 9.43. The molecule has 1 heterocycles. The first-order chi connectivity index (χ1) is 5.57. The second kappa shape index (κ2) is 3.93. The molecule has 0 aromatic rings. The second-order valence-corrected chi connectivity index (χ2v) is 3.60. The molecule has 72 valence electrons. The van der Waals surface area contributed by atoms with E-state index < -0.39 is 23.7 Å². The fourth-order valence-corrected chi connectivity index (χ4v) is 1.57. The summed E-state index contributed by atoms with van der Waals surface area (Å²) in [6.07, 6.45) is -2.62. The van der Waals surface area contributed by atoms with Crippen molar-refractivity contribution in [3.63, 3.8) is 0 Å². The maximum Gasteiger partial charge on any atom is 0.110 e. The normalized spacial score (nSPS) is 49.2. The molecule has 0 saturated carbocycles. The highest BCUT2D eigenvalue weighted by molar-refractivity contribution is 7.80. The van der Waals surface area contributed by atoms with Crippen molar-refractivity contribution < 1.29 is 20.1 Å². The Bertz CT molecular complexity index is 150. The van der Waals surface area contributed by atoms with Gasteiger partial charge in [-0.25, -0.2) is 0 Å². The Kier molecular flexibility index (Phi) is 3.37. The molecule has 5 unspecified atom stereocenters. The van der Waals surface area contributed by atoms with Crippen LogP contribution < -0.4 is 0 Å². The minimum atomic E-state index is -1.02. The van der Waals surface area contributed by atoms with E-state index in [9.17, 15) is 10.2 Å². The zero-order valence-electron chi connectivity index (χ0n) is 6.79. The van der Waals surface area contributed by atoms with Gasteiger partial charge >= 0.3 is 0 Å². The van der Waals surface area contributed by atoms with Crippen molar-refractivity contribution in [3.05, 3.63) is 0 Å². The van der Waals surface area contributed by atoms with Crippen LogP contribution in [0.4, 0.5) is 0 Å². The van der Waals surface area contributed by atoms with Gasteiger partial charge in [-0.2, -0.15) is 0 Å². The van der Waals surface area contributed by atoms with E-state index in [1.807, 2.05) is 0 Å². The van der Waals surface area contributed by atoms with Crippen LogP contribution in [-0.4, -0.2) is 45.7 Å². The lowest BCUT2D eigenvalue weighted by Gasteiger charge is -2.38. The van der Waals surface area contributed by atoms with E-state index in [2.05, 4.69) is 12.6 Å². The average Bonchev–Trinajstić information content (AvgIpc) is 2.08. The topological polar surface area (TPSA) is 69.9 Å². The summed E-state index contributed by atoms with van der Waals surface area (Å²) < 4.78 is 5.13. The van der Waals surface area contributed by atoms with E-state index in [0.717, 1.165) is 0 Å². The van der Waals surface area contributed by atoms with E-state index in [4.69, 9.17) is 9.84 Å². The molecule has 1 fully saturated rings. The third-order valence-corrected chi connectivity index (χ3v) is 2.81. The number of hydrogen-bond acceptors (Lipinski definition) is 5. The Morgan fingerprint density at radius 3 is 2.42 bits per heavy atom. The molecule has 0 spiro atoms. The Balaban J connectivity index is 2.63. The first-order valence-electron chi connectivity index (χ1n) is 3.88. The molecule has 0 aromatic carbocycles. The van der Waals surface area contributed by atoms with E-state index in [0.29, 0.717) is 0 Å². The minimum absolute atomic E-state index is 0.230. The van der Waals surface area contributed by atoms with E-state index in [1.165, 1.54) is 0 Å². The molecule has 1 rings (SSSR count). The van der Waals surface area contributed by atoms with Crippen LogP contribution in [-0.2, 0) is 4.74 Å². The lowest BCUT2D eigenvalue weighted by molar-refractivity contribution is -0.180. The molecule has 1 aliphatic heterocycles. The highest BCUT2D eigenvalue weighted by Gasteiger charge is 2.40. The van der Waals surface area contributed by atoms with E-state index >= 15 is 0 Å². The van der Waals surface area contributed by atoms with Gasteiger partial charge < -0.3 is 20.1 Å². The minimum Gasteiger partial charge on any atom is -0.394 e. The summed E-state index contributed by atoms with van der Waals surface area (Å²) in [6.45, 7) is 1.43. The molecule has 0 radical (unpaired) electrons. The lowest BCUT2D eigenvalue weighted by Crippen LogP contribution is -2.53. The van der Waals surface area contributed by atoms with Gasteiger partial charge in [-0.3, -0.25) is 0 Å². The zero-order chi connectivity index (χ0) is 9.30. The van der Waals surface area contributed by atoms with Crippen LogP contribution in [0.2, 0.25) is 0 Å². The van der Waals surface area contributed by atoms with Crippen molar-refractivity contribution in [2.75, 3.05) is 6.61 Å². The van der Waals surface area contributed by atoms with Gasteiger partial charge in [-0.05, 0) is 0 Å². The van der Waals surface area contributed by atoms with Crippen LogP contribution in [0.1, 0.15) is 6.92 Å². The van der Waals surface area contributed by atoms with E-state index in [1.54, 1.807) is 6.92 Å². The van der Waals surface area contributed by atoms with Gasteiger partial charge in [0.1, 0.15) is 17.6 Å². The van der Waals surface area contributed by atoms with Crippen LogP contribution in [0.3, 0.4) is 0 Å². The van der Waals surface area contributed by atoms with Gasteiger partial charge in [-0.1, -0.05) is 6.92 Å². The third kappa shape index (κ3) is 1.75. The van der Waals surface area contributed by atoms with Crippen LogP contribution >= 0.6 is 12.6 Å². The zero-order valence-corrected chi connectivity index (χ0v) is 7.69. The van der Waals surface area contributed by atoms with Crippen molar-refractivity contribution >= 4 is 12.6 Å². The van der Waals surface area contributed by atoms with E-state index in [-0.39, 0.29) is 12.5 Å². The molecule has 1 aliphatic rings. The summed E-state index contributed by atoms with van der Waals surface area (Å²) in [5, 5.41) is 27.5. The molecule has 0 bridgehead atoms. The number of aliphatic hydroxyl groups is 3. The lowest BCUT2D eigenvalue weighted by atomic mass is 9.94. The summed E-state index contributed by atoms with van der Waals surface area (Å²) in [6, 6.07) is 0. The van der Waals surface area contributed by atoms with Crippen molar-refractivity contribution in [1.82, 2.24) is 0 Å². The fraction of sp³-hybridized carbons (Fsp3) is 1.00. The van der Waals surface area contributed by atoms with Gasteiger partial charge in [0, 0.05) is 5.92 Å². The number of thiol groups is 1. The van der Waals surface area contributed by atoms with Crippen LogP contribution in [0.15, 0.2) is 0 Å². The largest absolute Gasteiger partial charge is 0.394 e. The predicted molar refractivity (Wildman–Crippen MR) is 45.9 cm³/mol. The van der Waals surface area contributed by atoms with Crippen LogP contribution in [0.25, 0.3) is 0 Å². The smallest absolute Gasteiger partial charge is 0.110 e. The molecular weight excluding hydrogens is 180 g/mol. The number of ether oxygens (including phenoxy) is 1. The highest BCUT2D eigenvalue weighted by atomic mass is 32.1. The SMILES string of the molecule is CC1C(S)OC(CO)C(O)C1O.